The van der Waals surface area contributed by atoms with Gasteiger partial charge in [-0.2, -0.15) is 5.10 Å². The molecule has 0 radical (unpaired) electrons. The lowest BCUT2D eigenvalue weighted by molar-refractivity contribution is -0.142. The van der Waals surface area contributed by atoms with Crippen LogP contribution in [0.4, 0.5) is 5.69 Å². The first-order chi connectivity index (χ1) is 17.0. The lowest BCUT2D eigenvalue weighted by Crippen LogP contribution is -2.38. The van der Waals surface area contributed by atoms with Crippen LogP contribution in [-0.4, -0.2) is 45.9 Å². The van der Waals surface area contributed by atoms with Crippen molar-refractivity contribution >= 4 is 40.1 Å². The number of aromatic nitrogens is 2. The maximum Gasteiger partial charge on any atom is 0.306 e. The predicted octanol–water partition coefficient (Wildman–Crippen LogP) is 4.57. The Morgan fingerprint density at radius 2 is 1.74 bits per heavy atom. The normalized spacial score (nSPS) is 25.5. The number of nitrogens with one attached hydrogen (secondary N) is 1. The summed E-state index contributed by atoms with van der Waals surface area (Å²) in [6.45, 7) is 2.88. The number of piperidine rings is 1. The Balaban J connectivity index is 1.20. The number of nitrogens with zero attached hydrogens (tertiary/aromatic N) is 3. The molecule has 8 heteroatoms. The van der Waals surface area contributed by atoms with Gasteiger partial charge in [-0.25, -0.2) is 0 Å². The summed E-state index contributed by atoms with van der Waals surface area (Å²) in [6.07, 6.45) is 5.62. The van der Waals surface area contributed by atoms with Gasteiger partial charge in [0, 0.05) is 30.2 Å². The highest BCUT2D eigenvalue weighted by Crippen LogP contribution is 2.46. The highest BCUT2D eigenvalue weighted by atomic mass is 35.5. The van der Waals surface area contributed by atoms with Crippen molar-refractivity contribution in [2.75, 3.05) is 18.0 Å². The summed E-state index contributed by atoms with van der Waals surface area (Å²) < 4.78 is 1.84. The van der Waals surface area contributed by atoms with Gasteiger partial charge in [-0.15, -0.1) is 0 Å². The van der Waals surface area contributed by atoms with Crippen LogP contribution in [0.3, 0.4) is 0 Å². The minimum atomic E-state index is -0.747. The fraction of sp³-hybridized carbons (Fsp3) is 0.444. The van der Waals surface area contributed by atoms with E-state index in [1.807, 2.05) is 4.68 Å². The van der Waals surface area contributed by atoms with Crippen LogP contribution in [0.25, 0.3) is 10.9 Å². The second-order valence-corrected chi connectivity index (χ2v) is 10.8. The number of hydrogen-bond acceptors (Lipinski definition) is 4. The molecule has 3 aliphatic rings. The number of halogens is 1. The number of aliphatic carboxylic acids is 1. The van der Waals surface area contributed by atoms with Gasteiger partial charge in [0.2, 0.25) is 0 Å². The molecule has 2 atom stereocenters. The maximum atomic E-state index is 13.3. The molecule has 1 aromatic heterocycles. The van der Waals surface area contributed by atoms with Gasteiger partial charge in [-0.05, 0) is 73.8 Å². The monoisotopic (exact) mass is 492 g/mol. The molecule has 0 bridgehead atoms. The van der Waals surface area contributed by atoms with E-state index in [0.717, 1.165) is 28.3 Å². The molecule has 7 nitrogen and oxygen atoms in total. The van der Waals surface area contributed by atoms with E-state index in [1.165, 1.54) is 25.2 Å². The summed E-state index contributed by atoms with van der Waals surface area (Å²) in [6, 6.07) is 12.1. The molecule has 1 saturated heterocycles. The third-order valence-corrected chi connectivity index (χ3v) is 8.35. The van der Waals surface area contributed by atoms with E-state index < -0.39 is 5.97 Å². The number of carboxylic acids is 1. The number of amides is 1. The molecule has 0 unspecified atom stereocenters. The van der Waals surface area contributed by atoms with Crippen LogP contribution >= 0.6 is 11.6 Å². The first-order valence-electron chi connectivity index (χ1n) is 12.5. The number of benzene rings is 2. The quantitative estimate of drug-likeness (QED) is 0.526. The van der Waals surface area contributed by atoms with Crippen LogP contribution in [0.1, 0.15) is 48.0 Å². The number of carbonyl (C=O) groups excluding carboxylic acids is 1. The summed E-state index contributed by atoms with van der Waals surface area (Å²) >= 11 is 6.45. The third-order valence-electron chi connectivity index (χ3n) is 8.02. The molecular formula is C27H29ClN4O3. The summed E-state index contributed by atoms with van der Waals surface area (Å²) in [5.41, 5.74) is 3.64. The van der Waals surface area contributed by atoms with Gasteiger partial charge in [-0.1, -0.05) is 23.7 Å². The molecule has 6 rings (SSSR count). The minimum Gasteiger partial charge on any atom is -0.481 e. The summed E-state index contributed by atoms with van der Waals surface area (Å²) in [5.74, 6) is 0.561. The van der Waals surface area contributed by atoms with Crippen LogP contribution in [0.5, 0.6) is 0 Å². The van der Waals surface area contributed by atoms with Crippen LogP contribution in [0, 0.1) is 17.8 Å². The Kier molecular flexibility index (Phi) is 5.67. The average molecular weight is 493 g/mol. The first kappa shape index (κ1) is 22.4. The van der Waals surface area contributed by atoms with Crippen LogP contribution in [-0.2, 0) is 11.3 Å². The van der Waals surface area contributed by atoms with Crippen molar-refractivity contribution in [3.8, 4) is 0 Å². The first-order valence-corrected chi connectivity index (χ1v) is 12.9. The maximum absolute atomic E-state index is 13.3. The van der Waals surface area contributed by atoms with Crippen molar-refractivity contribution in [3.63, 3.8) is 0 Å². The Bertz CT molecular complexity index is 1270. The second kappa shape index (κ2) is 8.86. The van der Waals surface area contributed by atoms with Crippen molar-refractivity contribution in [2.45, 2.75) is 44.7 Å². The van der Waals surface area contributed by atoms with Gasteiger partial charge in [-0.3, -0.25) is 14.3 Å². The molecule has 35 heavy (non-hydrogen) atoms. The zero-order chi connectivity index (χ0) is 24.1. The van der Waals surface area contributed by atoms with Crippen molar-refractivity contribution in [1.82, 2.24) is 15.1 Å². The highest BCUT2D eigenvalue weighted by Gasteiger charge is 2.45. The zero-order valence-corrected chi connectivity index (χ0v) is 20.2. The van der Waals surface area contributed by atoms with Crippen LogP contribution in [0.2, 0.25) is 5.02 Å². The van der Waals surface area contributed by atoms with Gasteiger partial charge in [0.05, 0.1) is 34.8 Å². The number of carbonyl (C=O) groups is 2. The summed E-state index contributed by atoms with van der Waals surface area (Å²) in [5, 5.41) is 18.2. The molecule has 3 aromatic rings. The highest BCUT2D eigenvalue weighted by molar-refractivity contribution is 6.36. The van der Waals surface area contributed by atoms with Crippen molar-refractivity contribution in [1.29, 1.82) is 0 Å². The number of carboxylic acid groups (broad SMARTS) is 1. The SMILES string of the molecule is O=C(NC1CCC(C(=O)O)CC1)c1ccc(Cl)c2cnn(Cc3ccc(N4C[C@H]5C[C@H]5C4)cc3)c12. The third kappa shape index (κ3) is 4.38. The van der Waals surface area contributed by atoms with Gasteiger partial charge in [0.1, 0.15) is 0 Å². The van der Waals surface area contributed by atoms with Crippen LogP contribution < -0.4 is 10.2 Å². The average Bonchev–Trinajstić information content (AvgIpc) is 3.24. The van der Waals surface area contributed by atoms with E-state index >= 15 is 0 Å². The standard InChI is InChI=1S/C27H29ClN4O3/c28-24-10-9-22(26(33)30-20-5-3-17(4-6-20)27(34)35)25-23(24)12-29-32(25)13-16-1-7-21(8-2-16)31-14-18-11-19(18)15-31/h1-2,7-10,12,17-20H,3-6,11,13-15H2,(H,30,33)(H,34,35)/t17?,18-,19+,20?. The fourth-order valence-corrected chi connectivity index (χ4v) is 6.02. The largest absolute Gasteiger partial charge is 0.481 e. The molecule has 2 aromatic carbocycles. The number of rotatable bonds is 6. The molecule has 1 aliphatic heterocycles. The van der Waals surface area contributed by atoms with E-state index in [0.29, 0.717) is 42.8 Å². The minimum absolute atomic E-state index is 0.0237. The van der Waals surface area contributed by atoms with Crippen molar-refractivity contribution < 1.29 is 14.7 Å². The molecule has 182 valence electrons. The van der Waals surface area contributed by atoms with Gasteiger partial charge >= 0.3 is 5.97 Å². The molecule has 3 fully saturated rings. The molecular weight excluding hydrogens is 464 g/mol. The lowest BCUT2D eigenvalue weighted by Gasteiger charge is -2.27. The Labute approximate surface area is 209 Å². The van der Waals surface area contributed by atoms with Crippen LogP contribution in [0.15, 0.2) is 42.6 Å². The summed E-state index contributed by atoms with van der Waals surface area (Å²) in [4.78, 5) is 27.0. The second-order valence-electron chi connectivity index (χ2n) is 10.3. The predicted molar refractivity (Wildman–Crippen MR) is 135 cm³/mol. The fourth-order valence-electron chi connectivity index (χ4n) is 5.81. The van der Waals surface area contributed by atoms with E-state index in [1.54, 1.807) is 18.3 Å². The molecule has 2 saturated carbocycles. The van der Waals surface area contributed by atoms with Gasteiger partial charge < -0.3 is 15.3 Å². The Hall–Kier alpha value is -3.06. The van der Waals surface area contributed by atoms with E-state index in [-0.39, 0.29) is 17.9 Å². The molecule has 2 aliphatic carbocycles. The topological polar surface area (TPSA) is 87.5 Å². The molecule has 2 N–H and O–H groups in total. The molecule has 2 heterocycles. The van der Waals surface area contributed by atoms with Crippen molar-refractivity contribution in [2.24, 2.45) is 17.8 Å². The lowest BCUT2D eigenvalue weighted by atomic mass is 9.86. The van der Waals surface area contributed by atoms with E-state index in [2.05, 4.69) is 39.6 Å². The van der Waals surface area contributed by atoms with Crippen molar-refractivity contribution in [3.05, 3.63) is 58.7 Å². The molecule has 0 spiro atoms. The number of hydrogen-bond donors (Lipinski definition) is 2. The van der Waals surface area contributed by atoms with E-state index in [4.69, 9.17) is 11.6 Å². The number of anilines is 1. The Morgan fingerprint density at radius 1 is 1.03 bits per heavy atom. The molecule has 1 amide bonds. The number of fused-ring (bicyclic) bond motifs is 2. The van der Waals surface area contributed by atoms with Gasteiger partial charge in [0.15, 0.2) is 0 Å². The smallest absolute Gasteiger partial charge is 0.306 e. The Morgan fingerprint density at radius 3 is 2.43 bits per heavy atom. The van der Waals surface area contributed by atoms with Gasteiger partial charge in [0.25, 0.3) is 5.91 Å². The zero-order valence-electron chi connectivity index (χ0n) is 19.5. The summed E-state index contributed by atoms with van der Waals surface area (Å²) in [7, 11) is 0. The van der Waals surface area contributed by atoms with E-state index in [9.17, 15) is 14.7 Å².